The molecular formula is C17H25NO6. The minimum Gasteiger partial charge on any atom is -0.444 e. The summed E-state index contributed by atoms with van der Waals surface area (Å²) in [6.07, 6.45) is -1.54. The van der Waals surface area contributed by atoms with Gasteiger partial charge in [0.1, 0.15) is 17.6 Å². The van der Waals surface area contributed by atoms with Crippen molar-refractivity contribution in [1.82, 2.24) is 5.32 Å². The highest BCUT2D eigenvalue weighted by Crippen LogP contribution is 2.14. The number of nitrogens with one attached hydrogen (secondary N) is 1. The van der Waals surface area contributed by atoms with Crippen LogP contribution in [0.3, 0.4) is 0 Å². The van der Waals surface area contributed by atoms with Gasteiger partial charge in [-0.2, -0.15) is 0 Å². The van der Waals surface area contributed by atoms with E-state index in [1.807, 2.05) is 0 Å². The van der Waals surface area contributed by atoms with Crippen molar-refractivity contribution in [2.75, 3.05) is 6.61 Å². The molecule has 1 aromatic carbocycles. The summed E-state index contributed by atoms with van der Waals surface area (Å²) in [6.45, 7) is 7.19. The van der Waals surface area contributed by atoms with Gasteiger partial charge < -0.3 is 19.3 Å². The van der Waals surface area contributed by atoms with Gasteiger partial charge >= 0.3 is 12.2 Å². The highest BCUT2D eigenvalue weighted by atomic mass is 16.7. The van der Waals surface area contributed by atoms with Crippen molar-refractivity contribution in [1.29, 1.82) is 0 Å². The second-order valence-corrected chi connectivity index (χ2v) is 6.13. The van der Waals surface area contributed by atoms with Crippen molar-refractivity contribution in [3.8, 4) is 5.75 Å². The number of benzene rings is 1. The first kappa shape index (κ1) is 19.8. The minimum absolute atomic E-state index is 0.249. The number of carbonyl (C=O) groups is 2. The van der Waals surface area contributed by atoms with Crippen LogP contribution in [0.4, 0.5) is 9.59 Å². The lowest BCUT2D eigenvalue weighted by Gasteiger charge is -2.21. The number of aryl methyl sites for hydroxylation is 1. The Morgan fingerprint density at radius 2 is 1.83 bits per heavy atom. The number of amides is 1. The summed E-state index contributed by atoms with van der Waals surface area (Å²) in [4.78, 5) is 22.7. The highest BCUT2D eigenvalue weighted by Gasteiger charge is 2.18. The van der Waals surface area contributed by atoms with E-state index in [4.69, 9.17) is 9.47 Å². The number of aliphatic hydroxyl groups is 1. The Morgan fingerprint density at radius 3 is 2.38 bits per heavy atom. The third-order valence-electron chi connectivity index (χ3n) is 2.78. The zero-order valence-electron chi connectivity index (χ0n) is 14.5. The molecule has 1 rings (SSSR count). The fraction of sp³-hybridized carbons (Fsp3) is 0.529. The largest absolute Gasteiger partial charge is 0.513 e. The Labute approximate surface area is 141 Å². The Bertz CT molecular complexity index is 535. The Morgan fingerprint density at radius 1 is 1.21 bits per heavy atom. The quantitative estimate of drug-likeness (QED) is 0.470. The molecule has 1 atom stereocenters. The predicted molar refractivity (Wildman–Crippen MR) is 87.8 cm³/mol. The number of ether oxygens (including phenoxy) is 3. The SMILES string of the molecule is CCOC(=O)Oc1ccc(CCC(O)NC(=O)OC(C)(C)C)cc1. The maximum atomic E-state index is 11.5. The van der Waals surface area contributed by atoms with Crippen LogP contribution in [0.2, 0.25) is 0 Å². The van der Waals surface area contributed by atoms with Crippen molar-refractivity contribution >= 4 is 12.2 Å². The highest BCUT2D eigenvalue weighted by molar-refractivity contribution is 5.67. The second kappa shape index (κ2) is 9.12. The number of hydrogen-bond acceptors (Lipinski definition) is 6. The summed E-state index contributed by atoms with van der Waals surface area (Å²) in [5.74, 6) is 0.379. The topological polar surface area (TPSA) is 94.1 Å². The van der Waals surface area contributed by atoms with Crippen LogP contribution in [0.5, 0.6) is 5.75 Å². The fourth-order valence-corrected chi connectivity index (χ4v) is 1.79. The molecule has 0 fully saturated rings. The monoisotopic (exact) mass is 339 g/mol. The Hall–Kier alpha value is -2.28. The average Bonchev–Trinajstić information content (AvgIpc) is 2.44. The third kappa shape index (κ3) is 8.38. The molecule has 0 saturated heterocycles. The molecule has 0 saturated carbocycles. The summed E-state index contributed by atoms with van der Waals surface area (Å²) >= 11 is 0. The van der Waals surface area contributed by atoms with E-state index in [9.17, 15) is 14.7 Å². The average molecular weight is 339 g/mol. The molecule has 0 aliphatic carbocycles. The van der Waals surface area contributed by atoms with Gasteiger partial charge in [-0.05, 0) is 58.2 Å². The molecule has 0 aliphatic heterocycles. The zero-order chi connectivity index (χ0) is 18.2. The lowest BCUT2D eigenvalue weighted by molar-refractivity contribution is 0.0345. The van der Waals surface area contributed by atoms with E-state index in [0.29, 0.717) is 18.6 Å². The van der Waals surface area contributed by atoms with E-state index in [-0.39, 0.29) is 6.61 Å². The molecule has 7 nitrogen and oxygen atoms in total. The van der Waals surface area contributed by atoms with Crippen LogP contribution in [0.15, 0.2) is 24.3 Å². The summed E-state index contributed by atoms with van der Waals surface area (Å²) < 4.78 is 14.7. The molecule has 7 heteroatoms. The first-order valence-corrected chi connectivity index (χ1v) is 7.80. The van der Waals surface area contributed by atoms with Gasteiger partial charge in [0.2, 0.25) is 0 Å². The van der Waals surface area contributed by atoms with Crippen molar-refractivity contribution in [2.24, 2.45) is 0 Å². The van der Waals surface area contributed by atoms with Gasteiger partial charge in [0.25, 0.3) is 0 Å². The third-order valence-corrected chi connectivity index (χ3v) is 2.78. The molecule has 0 spiro atoms. The van der Waals surface area contributed by atoms with Crippen LogP contribution in [0.1, 0.15) is 39.7 Å². The molecule has 0 heterocycles. The summed E-state index contributed by atoms with van der Waals surface area (Å²) in [5, 5.41) is 12.2. The lowest BCUT2D eigenvalue weighted by Crippen LogP contribution is -2.39. The molecule has 2 N–H and O–H groups in total. The maximum absolute atomic E-state index is 11.5. The molecule has 1 unspecified atom stereocenters. The van der Waals surface area contributed by atoms with E-state index in [2.05, 4.69) is 10.1 Å². The standard InChI is InChI=1S/C17H25NO6/c1-5-22-16(21)23-13-9-6-12(7-10-13)8-11-14(19)18-15(20)24-17(2,3)4/h6-7,9-10,14,19H,5,8,11H2,1-4H3,(H,18,20). The van der Waals surface area contributed by atoms with Crippen molar-refractivity contribution in [3.05, 3.63) is 29.8 Å². The van der Waals surface area contributed by atoms with Crippen LogP contribution in [-0.2, 0) is 15.9 Å². The minimum atomic E-state index is -1.00. The maximum Gasteiger partial charge on any atom is 0.513 e. The van der Waals surface area contributed by atoms with Crippen LogP contribution < -0.4 is 10.1 Å². The van der Waals surface area contributed by atoms with Gasteiger partial charge in [-0.15, -0.1) is 0 Å². The molecule has 0 aliphatic rings. The zero-order valence-corrected chi connectivity index (χ0v) is 14.5. The van der Waals surface area contributed by atoms with Gasteiger partial charge in [0, 0.05) is 0 Å². The van der Waals surface area contributed by atoms with Gasteiger partial charge in [-0.3, -0.25) is 5.32 Å². The van der Waals surface area contributed by atoms with E-state index in [1.165, 1.54) is 0 Å². The Kier molecular flexibility index (Phi) is 7.51. The van der Waals surface area contributed by atoms with Crippen molar-refractivity contribution in [3.63, 3.8) is 0 Å². The number of carbonyl (C=O) groups excluding carboxylic acids is 2. The second-order valence-electron chi connectivity index (χ2n) is 6.13. The van der Waals surface area contributed by atoms with Gasteiger partial charge in [0.05, 0.1) is 6.61 Å². The number of aliphatic hydroxyl groups excluding tert-OH is 1. The normalized spacial score (nSPS) is 12.2. The predicted octanol–water partition coefficient (Wildman–Crippen LogP) is 3.00. The Balaban J connectivity index is 2.39. The van der Waals surface area contributed by atoms with Crippen LogP contribution in [0.25, 0.3) is 0 Å². The van der Waals surface area contributed by atoms with E-state index < -0.39 is 24.1 Å². The summed E-state index contributed by atoms with van der Waals surface area (Å²) in [6, 6.07) is 6.82. The molecule has 0 aromatic heterocycles. The van der Waals surface area contributed by atoms with Crippen LogP contribution in [0, 0.1) is 0 Å². The number of alkyl carbamates (subject to hydrolysis) is 1. The van der Waals surface area contributed by atoms with Gasteiger partial charge in [-0.25, -0.2) is 9.59 Å². The summed E-state index contributed by atoms with van der Waals surface area (Å²) in [7, 11) is 0. The van der Waals surface area contributed by atoms with Gasteiger partial charge in [0.15, 0.2) is 0 Å². The smallest absolute Gasteiger partial charge is 0.444 e. The first-order chi connectivity index (χ1) is 11.2. The van der Waals surface area contributed by atoms with Crippen LogP contribution >= 0.6 is 0 Å². The molecular weight excluding hydrogens is 314 g/mol. The van der Waals surface area contributed by atoms with Crippen molar-refractivity contribution in [2.45, 2.75) is 52.4 Å². The number of hydrogen-bond donors (Lipinski definition) is 2. The number of rotatable bonds is 6. The fourth-order valence-electron chi connectivity index (χ4n) is 1.79. The molecule has 134 valence electrons. The molecule has 24 heavy (non-hydrogen) atoms. The van der Waals surface area contributed by atoms with Gasteiger partial charge in [-0.1, -0.05) is 12.1 Å². The molecule has 1 amide bonds. The first-order valence-electron chi connectivity index (χ1n) is 7.80. The van der Waals surface area contributed by atoms with E-state index >= 15 is 0 Å². The molecule has 0 radical (unpaired) electrons. The molecule has 0 bridgehead atoms. The van der Waals surface area contributed by atoms with Crippen LogP contribution in [-0.4, -0.2) is 35.8 Å². The van der Waals surface area contributed by atoms with E-state index in [1.54, 1.807) is 52.0 Å². The van der Waals surface area contributed by atoms with E-state index in [0.717, 1.165) is 5.56 Å². The molecule has 1 aromatic rings. The summed E-state index contributed by atoms with van der Waals surface area (Å²) in [5.41, 5.74) is 0.315. The lowest BCUT2D eigenvalue weighted by atomic mass is 10.1. The van der Waals surface area contributed by atoms with Crippen molar-refractivity contribution < 1.29 is 28.9 Å².